The number of nitrogen functional groups attached to an aromatic ring is 1. The van der Waals surface area contributed by atoms with Crippen molar-refractivity contribution in [3.05, 3.63) is 27.3 Å². The van der Waals surface area contributed by atoms with Gasteiger partial charge in [0.2, 0.25) is 0 Å². The first-order chi connectivity index (χ1) is 7.93. The molecule has 0 aliphatic heterocycles. The van der Waals surface area contributed by atoms with Crippen LogP contribution in [0.3, 0.4) is 0 Å². The van der Waals surface area contributed by atoms with Gasteiger partial charge >= 0.3 is 5.97 Å². The lowest BCUT2D eigenvalue weighted by Gasteiger charge is -2.11. The van der Waals surface area contributed by atoms with Crippen molar-refractivity contribution in [2.24, 2.45) is 0 Å². The lowest BCUT2D eigenvalue weighted by Crippen LogP contribution is -2.11. The predicted molar refractivity (Wildman–Crippen MR) is 60.1 cm³/mol. The Hall–Kier alpha value is -2.31. The number of nitrogens with two attached hydrogens (primary N) is 1. The highest BCUT2D eigenvalue weighted by Gasteiger charge is 2.25. The number of ether oxygens (including phenoxy) is 2. The fourth-order valence-electron chi connectivity index (χ4n) is 1.49. The molecule has 1 aromatic carbocycles. The van der Waals surface area contributed by atoms with Crippen molar-refractivity contribution in [3.63, 3.8) is 0 Å². The normalized spacial score (nSPS) is 9.82. The summed E-state index contributed by atoms with van der Waals surface area (Å²) in [6.45, 7) is 1.57. The van der Waals surface area contributed by atoms with E-state index in [-0.39, 0.29) is 22.7 Å². The molecule has 1 aromatic rings. The third-order valence-electron chi connectivity index (χ3n) is 2.36. The van der Waals surface area contributed by atoms with E-state index in [1.54, 1.807) is 6.92 Å². The third kappa shape index (κ3) is 2.12. The molecule has 1 rings (SSSR count). The monoisotopic (exact) mass is 240 g/mol. The summed E-state index contributed by atoms with van der Waals surface area (Å²) in [5.41, 5.74) is 5.35. The zero-order chi connectivity index (χ0) is 13.2. The van der Waals surface area contributed by atoms with E-state index in [0.29, 0.717) is 5.56 Å². The lowest BCUT2D eigenvalue weighted by atomic mass is 10.0. The van der Waals surface area contributed by atoms with Crippen LogP contribution in [0.25, 0.3) is 0 Å². The van der Waals surface area contributed by atoms with E-state index in [9.17, 15) is 14.9 Å². The Balaban J connectivity index is 3.61. The molecular formula is C10H12N2O5. The number of nitrogens with zero attached hydrogens (tertiary/aromatic N) is 1. The number of methoxy groups -OCH3 is 2. The largest absolute Gasteiger partial charge is 0.496 e. The van der Waals surface area contributed by atoms with Gasteiger partial charge in [0.25, 0.3) is 5.69 Å². The Bertz CT molecular complexity index is 484. The number of carbonyl (C=O) groups is 1. The van der Waals surface area contributed by atoms with Gasteiger partial charge in [-0.2, -0.15) is 0 Å². The summed E-state index contributed by atoms with van der Waals surface area (Å²) in [7, 11) is 2.52. The average molecular weight is 240 g/mol. The second kappa shape index (κ2) is 4.69. The quantitative estimate of drug-likeness (QED) is 0.369. The second-order valence-electron chi connectivity index (χ2n) is 3.26. The van der Waals surface area contributed by atoms with Crippen LogP contribution in [-0.4, -0.2) is 25.1 Å². The molecule has 92 valence electrons. The van der Waals surface area contributed by atoms with E-state index >= 15 is 0 Å². The Kier molecular flexibility index (Phi) is 3.52. The van der Waals surface area contributed by atoms with Gasteiger partial charge in [0.15, 0.2) is 0 Å². The summed E-state index contributed by atoms with van der Waals surface area (Å²) in [4.78, 5) is 21.6. The molecule has 7 heteroatoms. The number of nitro benzene ring substituents is 1. The smallest absolute Gasteiger partial charge is 0.340 e. The zero-order valence-electron chi connectivity index (χ0n) is 9.64. The molecule has 2 N–H and O–H groups in total. The Morgan fingerprint density at radius 2 is 2.06 bits per heavy atom. The van der Waals surface area contributed by atoms with Crippen molar-refractivity contribution in [1.82, 2.24) is 0 Å². The molecule has 0 heterocycles. The fourth-order valence-corrected chi connectivity index (χ4v) is 1.49. The van der Waals surface area contributed by atoms with E-state index < -0.39 is 10.9 Å². The molecule has 0 amide bonds. The van der Waals surface area contributed by atoms with Crippen molar-refractivity contribution < 1.29 is 19.2 Å². The number of anilines is 1. The Morgan fingerprint density at radius 3 is 2.47 bits per heavy atom. The van der Waals surface area contributed by atoms with Gasteiger partial charge in [-0.05, 0) is 6.92 Å². The fraction of sp³-hybridized carbons (Fsp3) is 0.300. The van der Waals surface area contributed by atoms with Crippen molar-refractivity contribution in [1.29, 1.82) is 0 Å². The maximum absolute atomic E-state index is 11.5. The Morgan fingerprint density at radius 1 is 1.47 bits per heavy atom. The van der Waals surface area contributed by atoms with Crippen LogP contribution in [0.2, 0.25) is 0 Å². The molecule has 0 aliphatic carbocycles. The van der Waals surface area contributed by atoms with E-state index in [1.165, 1.54) is 20.3 Å². The molecule has 0 aliphatic rings. The highest BCUT2D eigenvalue weighted by Crippen LogP contribution is 2.35. The van der Waals surface area contributed by atoms with Crippen LogP contribution >= 0.6 is 0 Å². The van der Waals surface area contributed by atoms with Gasteiger partial charge in [-0.3, -0.25) is 10.1 Å². The van der Waals surface area contributed by atoms with Gasteiger partial charge in [0.05, 0.1) is 30.8 Å². The van der Waals surface area contributed by atoms with Crippen LogP contribution in [-0.2, 0) is 4.74 Å². The SMILES string of the molecule is COC(=O)c1c(C)c(OC)cc([N+](=O)[O-])c1N. The number of nitro groups is 1. The van der Waals surface area contributed by atoms with Crippen LogP contribution in [0.4, 0.5) is 11.4 Å². The predicted octanol–water partition coefficient (Wildman–Crippen LogP) is 1.28. The zero-order valence-corrected chi connectivity index (χ0v) is 9.64. The molecule has 0 spiro atoms. The number of esters is 1. The van der Waals surface area contributed by atoms with Gasteiger partial charge in [-0.25, -0.2) is 4.79 Å². The van der Waals surface area contributed by atoms with Crippen LogP contribution in [0.5, 0.6) is 5.75 Å². The molecule has 0 radical (unpaired) electrons. The highest BCUT2D eigenvalue weighted by atomic mass is 16.6. The van der Waals surface area contributed by atoms with Crippen LogP contribution in [0.1, 0.15) is 15.9 Å². The number of hydrogen-bond donors (Lipinski definition) is 1. The van der Waals surface area contributed by atoms with Crippen LogP contribution in [0, 0.1) is 17.0 Å². The average Bonchev–Trinajstić information content (AvgIpc) is 2.28. The Labute approximate surface area is 97.3 Å². The van der Waals surface area contributed by atoms with Crippen molar-refractivity contribution in [3.8, 4) is 5.75 Å². The molecule has 0 fully saturated rings. The van der Waals surface area contributed by atoms with E-state index in [4.69, 9.17) is 10.5 Å². The minimum atomic E-state index is -0.734. The lowest BCUT2D eigenvalue weighted by molar-refractivity contribution is -0.384. The second-order valence-corrected chi connectivity index (χ2v) is 3.26. The van der Waals surface area contributed by atoms with Crippen molar-refractivity contribution in [2.75, 3.05) is 20.0 Å². The van der Waals surface area contributed by atoms with Gasteiger partial charge in [0.1, 0.15) is 11.4 Å². The number of hydrogen-bond acceptors (Lipinski definition) is 6. The summed E-state index contributed by atoms with van der Waals surface area (Å²) >= 11 is 0. The first kappa shape index (κ1) is 12.8. The van der Waals surface area contributed by atoms with E-state index in [1.807, 2.05) is 0 Å². The summed E-state index contributed by atoms with van der Waals surface area (Å²) in [6.07, 6.45) is 0. The molecule has 17 heavy (non-hydrogen) atoms. The highest BCUT2D eigenvalue weighted by molar-refractivity contribution is 5.99. The first-order valence-electron chi connectivity index (χ1n) is 4.63. The van der Waals surface area contributed by atoms with Gasteiger partial charge in [0, 0.05) is 5.56 Å². The molecular weight excluding hydrogens is 228 g/mol. The standard InChI is InChI=1S/C10H12N2O5/c1-5-7(16-2)4-6(12(14)15)9(11)8(5)10(13)17-3/h4H,11H2,1-3H3. The molecule has 0 unspecified atom stereocenters. The minimum absolute atomic E-state index is 0.0430. The maximum Gasteiger partial charge on any atom is 0.340 e. The molecule has 0 saturated carbocycles. The third-order valence-corrected chi connectivity index (χ3v) is 2.36. The number of rotatable bonds is 3. The summed E-state index contributed by atoms with van der Waals surface area (Å²) < 4.78 is 9.49. The molecule has 0 bridgehead atoms. The van der Waals surface area contributed by atoms with Gasteiger partial charge in [-0.15, -0.1) is 0 Å². The molecule has 0 aromatic heterocycles. The van der Waals surface area contributed by atoms with Crippen LogP contribution < -0.4 is 10.5 Å². The maximum atomic E-state index is 11.5. The van der Waals surface area contributed by atoms with Gasteiger partial charge in [-0.1, -0.05) is 0 Å². The molecule has 7 nitrogen and oxygen atoms in total. The number of carbonyl (C=O) groups excluding carboxylic acids is 1. The first-order valence-corrected chi connectivity index (χ1v) is 4.63. The topological polar surface area (TPSA) is 105 Å². The van der Waals surface area contributed by atoms with Crippen LogP contribution in [0.15, 0.2) is 6.07 Å². The molecule has 0 saturated heterocycles. The summed E-state index contributed by atoms with van der Waals surface area (Å²) in [5.74, 6) is -0.520. The summed E-state index contributed by atoms with van der Waals surface area (Å²) in [5, 5.41) is 10.8. The van der Waals surface area contributed by atoms with Gasteiger partial charge < -0.3 is 15.2 Å². The summed E-state index contributed by atoms with van der Waals surface area (Å²) in [6, 6.07) is 1.18. The van der Waals surface area contributed by atoms with E-state index in [2.05, 4.69) is 4.74 Å². The molecule has 0 atom stereocenters. The van der Waals surface area contributed by atoms with Crippen molar-refractivity contribution in [2.45, 2.75) is 6.92 Å². The van der Waals surface area contributed by atoms with E-state index in [0.717, 1.165) is 0 Å². The minimum Gasteiger partial charge on any atom is -0.496 e. The number of benzene rings is 1. The van der Waals surface area contributed by atoms with Crippen molar-refractivity contribution >= 4 is 17.3 Å².